The summed E-state index contributed by atoms with van der Waals surface area (Å²) in [7, 11) is -4.12. The van der Waals surface area contributed by atoms with E-state index >= 15 is 0 Å². The van der Waals surface area contributed by atoms with E-state index in [9.17, 15) is 4.57 Å². The summed E-state index contributed by atoms with van der Waals surface area (Å²) in [4.78, 5) is 0. The minimum absolute atomic E-state index is 0.428. The molecule has 0 aliphatic heterocycles. The molecule has 0 aliphatic rings. The zero-order valence-corrected chi connectivity index (χ0v) is 25.6. The largest absolute Gasteiger partial charge is 0.480 e. The second-order valence-corrected chi connectivity index (χ2v) is 16.3. The van der Waals surface area contributed by atoms with Crippen LogP contribution in [0.25, 0.3) is 0 Å². The van der Waals surface area contributed by atoms with E-state index in [0.29, 0.717) is 17.1 Å². The molecule has 4 nitrogen and oxygen atoms in total. The lowest BCUT2D eigenvalue weighted by molar-refractivity contribution is 0.0275. The van der Waals surface area contributed by atoms with Crippen molar-refractivity contribution >= 4 is 115 Å². The van der Waals surface area contributed by atoms with Crippen LogP contribution in [0, 0.1) is 10.8 Å². The van der Waals surface area contributed by atoms with E-state index < -0.39 is 31.1 Å². The van der Waals surface area contributed by atoms with Gasteiger partial charge in [0.2, 0.25) is 0 Å². The van der Waals surface area contributed by atoms with E-state index in [1.807, 2.05) is 27.7 Å². The van der Waals surface area contributed by atoms with E-state index in [1.165, 1.54) is 0 Å². The Morgan fingerprint density at radius 2 is 1.24 bits per heavy atom. The Balaban J connectivity index is 5.80. The van der Waals surface area contributed by atoms with Gasteiger partial charge in [-0.25, -0.2) is 4.57 Å². The molecule has 152 valence electrons. The highest BCUT2D eigenvalue weighted by Crippen LogP contribution is 2.66. The van der Waals surface area contributed by atoms with E-state index in [-0.39, 0.29) is 0 Å². The van der Waals surface area contributed by atoms with E-state index in [2.05, 4.69) is 95.6 Å². The first-order chi connectivity index (χ1) is 11.0. The number of phosphoric ester groups is 1. The average molecular weight is 788 g/mol. The normalized spacial score (nSPS) is 16.2. The molecule has 0 rings (SSSR count). The highest BCUT2D eigenvalue weighted by Gasteiger charge is 2.54. The Kier molecular flexibility index (Phi) is 11.9. The zero-order chi connectivity index (χ0) is 20.3. The number of halogens is 7. The summed E-state index contributed by atoms with van der Waals surface area (Å²) in [5, 5.41) is 1.10. The first kappa shape index (κ1) is 28.3. The molecule has 0 saturated carbocycles. The molecule has 0 bridgehead atoms. The fraction of sp³-hybridized carbons (Fsp3) is 1.00. The third-order valence-corrected chi connectivity index (χ3v) is 14.0. The Morgan fingerprint density at radius 3 is 1.48 bits per heavy atom. The van der Waals surface area contributed by atoms with Crippen LogP contribution < -0.4 is 0 Å². The smallest absolute Gasteiger partial charge is 0.267 e. The molecule has 0 fully saturated rings. The van der Waals surface area contributed by atoms with Gasteiger partial charge in [0.1, 0.15) is 5.56 Å². The van der Waals surface area contributed by atoms with Gasteiger partial charge in [0.25, 0.3) is 0 Å². The van der Waals surface area contributed by atoms with Crippen LogP contribution in [-0.2, 0) is 18.1 Å². The first-order valence-corrected chi connectivity index (χ1v) is 14.5. The van der Waals surface area contributed by atoms with Gasteiger partial charge in [-0.3, -0.25) is 13.6 Å². The van der Waals surface area contributed by atoms with Gasteiger partial charge in [-0.05, 0) is 70.1 Å². The molecule has 1 atom stereocenters. The van der Waals surface area contributed by atoms with Crippen molar-refractivity contribution in [2.24, 2.45) is 10.8 Å². The highest BCUT2D eigenvalue weighted by atomic mass is 79.9. The predicted octanol–water partition coefficient (Wildman–Crippen LogP) is 8.85. The van der Waals surface area contributed by atoms with Crippen LogP contribution in [0.2, 0.25) is 0 Å². The summed E-state index contributed by atoms with van der Waals surface area (Å²) >= 11 is 26.7. The molecule has 12 heteroatoms. The summed E-state index contributed by atoms with van der Waals surface area (Å²) in [6.45, 7) is 9.44. The Morgan fingerprint density at radius 1 is 0.920 bits per heavy atom. The number of alkyl halides is 7. The summed E-state index contributed by atoms with van der Waals surface area (Å²) in [5.41, 5.74) is -1.85. The number of phosphoric acid groups is 1. The molecular weight excluding hydrogens is 766 g/mol. The number of hydrogen-bond acceptors (Lipinski definition) is 4. The molecule has 25 heavy (non-hydrogen) atoms. The lowest BCUT2D eigenvalue weighted by Gasteiger charge is -2.42. The fourth-order valence-corrected chi connectivity index (χ4v) is 7.84. The van der Waals surface area contributed by atoms with Crippen LogP contribution in [0.3, 0.4) is 0 Å². The second kappa shape index (κ2) is 10.5. The third kappa shape index (κ3) is 8.14. The van der Waals surface area contributed by atoms with Gasteiger partial charge >= 0.3 is 7.82 Å². The highest BCUT2D eigenvalue weighted by molar-refractivity contribution is 9.25. The van der Waals surface area contributed by atoms with Crippen LogP contribution in [0.15, 0.2) is 0 Å². The quantitative estimate of drug-likeness (QED) is 0.155. The first-order valence-electron chi connectivity index (χ1n) is 7.21. The molecule has 0 N–H and O–H groups in total. The average Bonchev–Trinajstić information content (AvgIpc) is 2.44. The van der Waals surface area contributed by atoms with Crippen molar-refractivity contribution in [3.8, 4) is 0 Å². The molecule has 0 amide bonds. The fourth-order valence-electron chi connectivity index (χ4n) is 0.960. The van der Waals surface area contributed by atoms with Crippen LogP contribution in [0.1, 0.15) is 41.0 Å². The van der Waals surface area contributed by atoms with Gasteiger partial charge in [0.05, 0.1) is 0 Å². The molecule has 0 aromatic heterocycles. The van der Waals surface area contributed by atoms with Crippen molar-refractivity contribution in [1.82, 2.24) is 0 Å². The van der Waals surface area contributed by atoms with Gasteiger partial charge in [0.15, 0.2) is 6.84 Å². The monoisotopic (exact) mass is 782 g/mol. The van der Waals surface area contributed by atoms with Gasteiger partial charge in [-0.1, -0.05) is 78.1 Å². The van der Waals surface area contributed by atoms with E-state index in [4.69, 9.17) is 25.2 Å². The van der Waals surface area contributed by atoms with Crippen molar-refractivity contribution in [3.05, 3.63) is 0 Å². The lowest BCUT2D eigenvalue weighted by atomic mass is 9.98. The van der Waals surface area contributed by atoms with Crippen LogP contribution in [-0.4, -0.2) is 23.1 Å². The Labute approximate surface area is 206 Å². The Bertz CT molecular complexity index is 455. The zero-order valence-electron chi connectivity index (χ0n) is 14.4. The minimum atomic E-state index is -4.12. The van der Waals surface area contributed by atoms with Crippen molar-refractivity contribution < 1.29 is 18.1 Å². The predicted molar refractivity (Wildman–Crippen MR) is 127 cm³/mol. The minimum Gasteiger partial charge on any atom is -0.267 e. The summed E-state index contributed by atoms with van der Waals surface area (Å²) < 4.78 is 28.1. The SMILES string of the molecule is CCC(Cl)OP(=O)(OC(Br)(Br)C(C)(C)CBr)OC(Br)(Br)C(C)(C)CBr. The molecule has 0 aromatic carbocycles. The molecule has 0 heterocycles. The molecule has 1 unspecified atom stereocenters. The second-order valence-electron chi connectivity index (χ2n) is 6.62. The van der Waals surface area contributed by atoms with Crippen molar-refractivity contribution in [2.45, 2.75) is 53.4 Å². The van der Waals surface area contributed by atoms with Gasteiger partial charge in [-0.2, -0.15) is 0 Å². The van der Waals surface area contributed by atoms with Crippen LogP contribution in [0.5, 0.6) is 0 Å². The molecule has 0 aromatic rings. The lowest BCUT2D eigenvalue weighted by Crippen LogP contribution is -2.40. The summed E-state index contributed by atoms with van der Waals surface area (Å²) in [6.07, 6.45) is 0.428. The van der Waals surface area contributed by atoms with Crippen molar-refractivity contribution in [1.29, 1.82) is 0 Å². The van der Waals surface area contributed by atoms with Gasteiger partial charge < -0.3 is 0 Å². The maximum absolute atomic E-state index is 13.4. The number of rotatable bonds is 11. The van der Waals surface area contributed by atoms with E-state index in [0.717, 1.165) is 0 Å². The van der Waals surface area contributed by atoms with Gasteiger partial charge in [-0.15, -0.1) is 0 Å². The maximum atomic E-state index is 13.4. The summed E-state index contributed by atoms with van der Waals surface area (Å²) in [5.74, 6) is 0. The molecule has 0 spiro atoms. The third-order valence-electron chi connectivity index (χ3n) is 3.26. The molecule has 0 aliphatic carbocycles. The van der Waals surface area contributed by atoms with Crippen LogP contribution >= 0.6 is 115 Å². The number of hydrogen-bond donors (Lipinski definition) is 0. The van der Waals surface area contributed by atoms with Crippen molar-refractivity contribution in [2.75, 3.05) is 10.7 Å². The molecular formula is C13H22Br6ClO4P. The van der Waals surface area contributed by atoms with Crippen molar-refractivity contribution in [3.63, 3.8) is 0 Å². The van der Waals surface area contributed by atoms with Crippen LogP contribution in [0.4, 0.5) is 0 Å². The Hall–Kier alpha value is 3.28. The standard InChI is InChI=1S/C13H22Br6ClO4P/c1-6-9(20)22-25(21,23-12(16,17)10(2,3)7-14)24-13(18,19)11(4,5)8-15/h9H,6-8H2,1-5H3. The maximum Gasteiger partial charge on any atom is 0.480 e. The van der Waals surface area contributed by atoms with Gasteiger partial charge in [0, 0.05) is 21.5 Å². The molecule has 0 saturated heterocycles. The van der Waals surface area contributed by atoms with E-state index in [1.54, 1.807) is 6.92 Å². The molecule has 0 radical (unpaired) electrons. The topological polar surface area (TPSA) is 44.8 Å². The summed E-state index contributed by atoms with van der Waals surface area (Å²) in [6, 6.07) is 0.